The first-order chi connectivity index (χ1) is 15.8. The molecule has 6 rings (SSSR count). The Labute approximate surface area is 185 Å². The fourth-order valence-electron chi connectivity index (χ4n) is 4.16. The highest BCUT2D eigenvalue weighted by atomic mass is 16.5. The standard InChI is InChI=1S/C23H25N7O2/c1-31-22-18(17-5-3-2-4-6-17)14-30(27-22)23-25-20(28-9-11-32-12-10-28)19-21(26-23)29(15-24-19)13-16-7-8-16/h2-6,14-16H,7-13H2,1H3. The quantitative estimate of drug-likeness (QED) is 0.464. The largest absolute Gasteiger partial charge is 0.479 e. The van der Waals surface area contributed by atoms with Gasteiger partial charge < -0.3 is 18.9 Å². The number of anilines is 1. The normalized spacial score (nSPS) is 16.6. The SMILES string of the molecule is COc1nn(-c2nc(N3CCOCC3)c3ncn(CC4CC4)c3n2)cc1-c1ccccc1. The Morgan fingerprint density at radius 3 is 2.66 bits per heavy atom. The Balaban J connectivity index is 1.49. The maximum absolute atomic E-state index is 5.57. The van der Waals surface area contributed by atoms with Gasteiger partial charge in [0.1, 0.15) is 0 Å². The second kappa shape index (κ2) is 7.90. The van der Waals surface area contributed by atoms with Crippen LogP contribution in [-0.4, -0.2) is 62.7 Å². The van der Waals surface area contributed by atoms with E-state index in [1.807, 2.05) is 42.9 Å². The number of fused-ring (bicyclic) bond motifs is 1. The Kier molecular flexibility index (Phi) is 4.75. The molecule has 1 aliphatic heterocycles. The van der Waals surface area contributed by atoms with Crippen LogP contribution in [0.4, 0.5) is 5.82 Å². The number of imidazole rings is 1. The van der Waals surface area contributed by atoms with Crippen molar-refractivity contribution in [2.75, 3.05) is 38.3 Å². The van der Waals surface area contributed by atoms with Crippen molar-refractivity contribution in [3.63, 3.8) is 0 Å². The molecule has 9 heteroatoms. The van der Waals surface area contributed by atoms with E-state index in [0.29, 0.717) is 31.0 Å². The summed E-state index contributed by atoms with van der Waals surface area (Å²) in [6.45, 7) is 3.85. The van der Waals surface area contributed by atoms with Crippen LogP contribution in [0.5, 0.6) is 5.88 Å². The van der Waals surface area contributed by atoms with Gasteiger partial charge >= 0.3 is 0 Å². The maximum Gasteiger partial charge on any atom is 0.254 e. The van der Waals surface area contributed by atoms with Gasteiger partial charge in [0.15, 0.2) is 17.0 Å². The van der Waals surface area contributed by atoms with Crippen LogP contribution in [0.15, 0.2) is 42.9 Å². The Bertz CT molecular complexity index is 1240. The van der Waals surface area contributed by atoms with Crippen LogP contribution in [-0.2, 0) is 11.3 Å². The number of hydrogen-bond donors (Lipinski definition) is 0. The van der Waals surface area contributed by atoms with Gasteiger partial charge in [-0.3, -0.25) is 0 Å². The molecule has 4 aromatic rings. The lowest BCUT2D eigenvalue weighted by Gasteiger charge is -2.28. The predicted octanol–water partition coefficient (Wildman–Crippen LogP) is 2.93. The summed E-state index contributed by atoms with van der Waals surface area (Å²) in [7, 11) is 1.63. The second-order valence-electron chi connectivity index (χ2n) is 8.32. The highest BCUT2D eigenvalue weighted by molar-refractivity contribution is 5.84. The Morgan fingerprint density at radius 1 is 1.09 bits per heavy atom. The zero-order valence-corrected chi connectivity index (χ0v) is 18.0. The molecule has 1 saturated carbocycles. The van der Waals surface area contributed by atoms with Gasteiger partial charge in [0.2, 0.25) is 5.88 Å². The molecule has 0 radical (unpaired) electrons. The van der Waals surface area contributed by atoms with E-state index in [9.17, 15) is 0 Å². The maximum atomic E-state index is 5.57. The number of rotatable bonds is 6. The summed E-state index contributed by atoms with van der Waals surface area (Å²) < 4.78 is 15.0. The van der Waals surface area contributed by atoms with Crippen molar-refractivity contribution in [3.8, 4) is 23.0 Å². The first-order valence-corrected chi connectivity index (χ1v) is 11.0. The molecule has 3 aromatic heterocycles. The van der Waals surface area contributed by atoms with Crippen LogP contribution < -0.4 is 9.64 Å². The smallest absolute Gasteiger partial charge is 0.254 e. The van der Waals surface area contributed by atoms with Gasteiger partial charge in [0.05, 0.1) is 32.2 Å². The summed E-state index contributed by atoms with van der Waals surface area (Å²) in [6, 6.07) is 10.1. The number of aromatic nitrogens is 6. The summed E-state index contributed by atoms with van der Waals surface area (Å²) in [5.41, 5.74) is 3.61. The summed E-state index contributed by atoms with van der Waals surface area (Å²) in [6.07, 6.45) is 6.36. The molecule has 2 fully saturated rings. The van der Waals surface area contributed by atoms with E-state index in [1.165, 1.54) is 12.8 Å². The molecule has 164 valence electrons. The van der Waals surface area contributed by atoms with E-state index in [0.717, 1.165) is 47.7 Å². The van der Waals surface area contributed by atoms with Gasteiger partial charge in [-0.2, -0.15) is 9.97 Å². The first kappa shape index (κ1) is 19.2. The van der Waals surface area contributed by atoms with E-state index >= 15 is 0 Å². The lowest BCUT2D eigenvalue weighted by atomic mass is 10.1. The summed E-state index contributed by atoms with van der Waals surface area (Å²) >= 11 is 0. The zero-order chi connectivity index (χ0) is 21.5. The molecule has 0 bridgehead atoms. The third-order valence-corrected chi connectivity index (χ3v) is 6.06. The lowest BCUT2D eigenvalue weighted by molar-refractivity contribution is 0.122. The van der Waals surface area contributed by atoms with E-state index in [-0.39, 0.29) is 0 Å². The van der Waals surface area contributed by atoms with Crippen LogP contribution in [0.2, 0.25) is 0 Å². The highest BCUT2D eigenvalue weighted by Gasteiger charge is 2.26. The van der Waals surface area contributed by atoms with Crippen molar-refractivity contribution in [1.82, 2.24) is 29.3 Å². The van der Waals surface area contributed by atoms with Crippen molar-refractivity contribution in [2.24, 2.45) is 5.92 Å². The average Bonchev–Trinajstić information content (AvgIpc) is 3.42. The fraction of sp³-hybridized carbons (Fsp3) is 0.391. The topological polar surface area (TPSA) is 83.1 Å². The molecule has 1 aliphatic carbocycles. The van der Waals surface area contributed by atoms with Crippen LogP contribution >= 0.6 is 0 Å². The number of nitrogens with zero attached hydrogens (tertiary/aromatic N) is 7. The van der Waals surface area contributed by atoms with Crippen LogP contribution in [0, 0.1) is 5.92 Å². The molecule has 0 spiro atoms. The van der Waals surface area contributed by atoms with Crippen molar-refractivity contribution >= 4 is 17.0 Å². The second-order valence-corrected chi connectivity index (χ2v) is 8.32. The molecule has 9 nitrogen and oxygen atoms in total. The van der Waals surface area contributed by atoms with E-state index < -0.39 is 0 Å². The minimum atomic E-state index is 0.511. The van der Waals surface area contributed by atoms with Crippen molar-refractivity contribution in [2.45, 2.75) is 19.4 Å². The number of morpholine rings is 1. The molecule has 2 aliphatic rings. The highest BCUT2D eigenvalue weighted by Crippen LogP contribution is 2.33. The number of methoxy groups -OCH3 is 1. The zero-order valence-electron chi connectivity index (χ0n) is 18.0. The van der Waals surface area contributed by atoms with Crippen molar-refractivity contribution < 1.29 is 9.47 Å². The summed E-state index contributed by atoms with van der Waals surface area (Å²) in [5, 5.41) is 4.65. The molecular weight excluding hydrogens is 406 g/mol. The van der Waals surface area contributed by atoms with Gasteiger partial charge in [-0.05, 0) is 24.3 Å². The molecule has 4 heterocycles. The number of ether oxygens (including phenoxy) is 2. The van der Waals surface area contributed by atoms with Crippen molar-refractivity contribution in [3.05, 3.63) is 42.9 Å². The molecule has 0 atom stereocenters. The first-order valence-electron chi connectivity index (χ1n) is 11.0. The van der Waals surface area contributed by atoms with E-state index in [2.05, 4.69) is 14.6 Å². The number of hydrogen-bond acceptors (Lipinski definition) is 7. The molecule has 32 heavy (non-hydrogen) atoms. The molecule has 0 unspecified atom stereocenters. The monoisotopic (exact) mass is 431 g/mol. The summed E-state index contributed by atoms with van der Waals surface area (Å²) in [4.78, 5) is 16.7. The average molecular weight is 432 g/mol. The van der Waals surface area contributed by atoms with E-state index in [1.54, 1.807) is 11.8 Å². The van der Waals surface area contributed by atoms with Crippen molar-refractivity contribution in [1.29, 1.82) is 0 Å². The molecule has 0 N–H and O–H groups in total. The third kappa shape index (κ3) is 3.48. The van der Waals surface area contributed by atoms with Gasteiger partial charge in [-0.15, -0.1) is 5.10 Å². The molecule has 1 saturated heterocycles. The van der Waals surface area contributed by atoms with Crippen LogP contribution in [0.25, 0.3) is 28.2 Å². The van der Waals surface area contributed by atoms with Crippen LogP contribution in [0.3, 0.4) is 0 Å². The Morgan fingerprint density at radius 2 is 1.91 bits per heavy atom. The third-order valence-electron chi connectivity index (χ3n) is 6.06. The molecular formula is C23H25N7O2. The molecule has 0 amide bonds. The Hall–Kier alpha value is -3.46. The summed E-state index contributed by atoms with van der Waals surface area (Å²) in [5.74, 6) is 2.60. The number of benzene rings is 1. The van der Waals surface area contributed by atoms with Gasteiger partial charge in [0, 0.05) is 25.8 Å². The fourth-order valence-corrected chi connectivity index (χ4v) is 4.16. The van der Waals surface area contributed by atoms with E-state index in [4.69, 9.17) is 24.4 Å². The minimum absolute atomic E-state index is 0.511. The van der Waals surface area contributed by atoms with Gasteiger partial charge in [-0.25, -0.2) is 9.67 Å². The lowest BCUT2D eigenvalue weighted by Crippen LogP contribution is -2.37. The minimum Gasteiger partial charge on any atom is -0.479 e. The van der Waals surface area contributed by atoms with Gasteiger partial charge in [0.25, 0.3) is 5.95 Å². The molecule has 1 aromatic carbocycles. The van der Waals surface area contributed by atoms with Crippen LogP contribution in [0.1, 0.15) is 12.8 Å². The van der Waals surface area contributed by atoms with Gasteiger partial charge in [-0.1, -0.05) is 30.3 Å². The predicted molar refractivity (Wildman–Crippen MR) is 120 cm³/mol.